The van der Waals surface area contributed by atoms with Gasteiger partial charge in [0.2, 0.25) is 0 Å². The lowest BCUT2D eigenvalue weighted by molar-refractivity contribution is 0.514. The van der Waals surface area contributed by atoms with Crippen LogP contribution in [0, 0.1) is 5.41 Å². The Hall–Kier alpha value is -0.430. The van der Waals surface area contributed by atoms with Crippen LogP contribution in [-0.2, 0) is 0 Å². The molecule has 1 rings (SSSR count). The lowest BCUT2D eigenvalue weighted by Gasteiger charge is -2.21. The minimum absolute atomic E-state index is 0.234. The number of thiol groups is 1. The zero-order valence-corrected chi connectivity index (χ0v) is 8.15. The van der Waals surface area contributed by atoms with Gasteiger partial charge in [-0.05, 0) is 22.0 Å². The maximum atomic E-state index is 4.15. The van der Waals surface area contributed by atoms with E-state index in [0.29, 0.717) is 0 Å². The van der Waals surface area contributed by atoms with Crippen LogP contribution in [0.15, 0.2) is 34.8 Å². The van der Waals surface area contributed by atoms with E-state index in [9.17, 15) is 0 Å². The molecule has 0 aliphatic heterocycles. The second kappa shape index (κ2) is 2.90. The zero-order chi connectivity index (χ0) is 8.48. The molecule has 0 unspecified atom stereocenters. The molecule has 60 valence electrons. The van der Waals surface area contributed by atoms with Crippen molar-refractivity contribution in [1.82, 2.24) is 0 Å². The lowest BCUT2D eigenvalue weighted by atomic mass is 9.84. The van der Waals surface area contributed by atoms with Gasteiger partial charge in [-0.15, -0.1) is 0 Å². The van der Waals surface area contributed by atoms with Crippen LogP contribution in [-0.4, -0.2) is 0 Å². The maximum Gasteiger partial charge on any atom is -0.0126 e. The quantitative estimate of drug-likeness (QED) is 0.524. The summed E-state index contributed by atoms with van der Waals surface area (Å²) in [6.07, 6.45) is 6.32. The van der Waals surface area contributed by atoms with Gasteiger partial charge in [-0.1, -0.05) is 39.0 Å². The van der Waals surface area contributed by atoms with E-state index in [1.807, 2.05) is 5.41 Å². The van der Waals surface area contributed by atoms with Gasteiger partial charge in [0.15, 0.2) is 0 Å². The van der Waals surface area contributed by atoms with Crippen molar-refractivity contribution in [3.8, 4) is 0 Å². The Kier molecular flexibility index (Phi) is 2.28. The molecule has 0 saturated heterocycles. The average molecular weight is 166 g/mol. The minimum atomic E-state index is 0.234. The third-order valence-corrected chi connectivity index (χ3v) is 2.07. The Morgan fingerprint density at radius 1 is 1.36 bits per heavy atom. The Morgan fingerprint density at radius 2 is 2.00 bits per heavy atom. The third kappa shape index (κ3) is 1.78. The van der Waals surface area contributed by atoms with Crippen molar-refractivity contribution in [2.75, 3.05) is 0 Å². The summed E-state index contributed by atoms with van der Waals surface area (Å²) in [7, 11) is 0. The molecule has 0 amide bonds. The minimum Gasteiger partial charge on any atom is -0.151 e. The summed E-state index contributed by atoms with van der Waals surface area (Å²) in [5, 5.41) is 1.86. The molecule has 0 aromatic heterocycles. The molecule has 0 aromatic carbocycles. The lowest BCUT2D eigenvalue weighted by Crippen LogP contribution is -2.08. The molecule has 0 fully saturated rings. The van der Waals surface area contributed by atoms with Gasteiger partial charge in [0.1, 0.15) is 0 Å². The Bertz CT molecular complexity index is 236. The van der Waals surface area contributed by atoms with Crippen LogP contribution in [0.1, 0.15) is 20.8 Å². The second-order valence-corrected chi connectivity index (χ2v) is 4.03. The first-order valence-corrected chi connectivity index (χ1v) is 4.31. The van der Waals surface area contributed by atoms with Crippen LogP contribution in [0.3, 0.4) is 0 Å². The molecule has 0 heterocycles. The summed E-state index contributed by atoms with van der Waals surface area (Å²) in [5.74, 6) is 0. The standard InChI is InChI=1S/C10H14S/c1-10(2,3)9-6-4-5-8(9)7-11/h4-7,11H,1-3H3. The summed E-state index contributed by atoms with van der Waals surface area (Å²) in [4.78, 5) is 0. The largest absolute Gasteiger partial charge is 0.151 e. The fourth-order valence-electron chi connectivity index (χ4n) is 1.23. The molecule has 1 aliphatic rings. The van der Waals surface area contributed by atoms with Gasteiger partial charge in [0.25, 0.3) is 0 Å². The molecule has 0 radical (unpaired) electrons. The fourth-order valence-corrected chi connectivity index (χ4v) is 1.45. The molecule has 1 heteroatoms. The first-order chi connectivity index (χ1) is 5.05. The molecule has 0 saturated carbocycles. The Morgan fingerprint density at radius 3 is 2.36 bits per heavy atom. The maximum absolute atomic E-state index is 4.15. The normalized spacial score (nSPS) is 21.1. The molecule has 1 aliphatic carbocycles. The van der Waals surface area contributed by atoms with Crippen LogP contribution in [0.2, 0.25) is 0 Å². The van der Waals surface area contributed by atoms with E-state index in [1.54, 1.807) is 0 Å². The van der Waals surface area contributed by atoms with E-state index in [2.05, 4.69) is 51.6 Å². The van der Waals surface area contributed by atoms with Gasteiger partial charge < -0.3 is 0 Å². The zero-order valence-electron chi connectivity index (χ0n) is 7.26. The number of hydrogen-bond acceptors (Lipinski definition) is 1. The van der Waals surface area contributed by atoms with Gasteiger partial charge in [-0.25, -0.2) is 0 Å². The Balaban J connectivity index is 2.94. The van der Waals surface area contributed by atoms with E-state index in [4.69, 9.17) is 0 Å². The van der Waals surface area contributed by atoms with Crippen molar-refractivity contribution in [3.63, 3.8) is 0 Å². The van der Waals surface area contributed by atoms with Gasteiger partial charge in [0, 0.05) is 0 Å². The SMILES string of the molecule is CC(C)(C)C1=CC=CC1=CS. The highest BCUT2D eigenvalue weighted by Crippen LogP contribution is 2.34. The number of allylic oxidation sites excluding steroid dienone is 5. The highest BCUT2D eigenvalue weighted by molar-refractivity contribution is 7.83. The predicted octanol–water partition coefficient (Wildman–Crippen LogP) is 3.34. The van der Waals surface area contributed by atoms with Crippen molar-refractivity contribution in [2.24, 2.45) is 5.41 Å². The van der Waals surface area contributed by atoms with Gasteiger partial charge in [-0.2, -0.15) is 12.6 Å². The van der Waals surface area contributed by atoms with Crippen molar-refractivity contribution in [2.45, 2.75) is 20.8 Å². The summed E-state index contributed by atoms with van der Waals surface area (Å²) in [6.45, 7) is 6.63. The van der Waals surface area contributed by atoms with Crippen molar-refractivity contribution < 1.29 is 0 Å². The molecule has 0 N–H and O–H groups in total. The molecular formula is C10H14S. The highest BCUT2D eigenvalue weighted by atomic mass is 32.1. The van der Waals surface area contributed by atoms with Crippen molar-refractivity contribution in [1.29, 1.82) is 0 Å². The summed E-state index contributed by atoms with van der Waals surface area (Å²) >= 11 is 4.15. The summed E-state index contributed by atoms with van der Waals surface area (Å²) in [5.41, 5.74) is 2.84. The van der Waals surface area contributed by atoms with E-state index < -0.39 is 0 Å². The molecule has 0 aromatic rings. The van der Waals surface area contributed by atoms with Crippen LogP contribution in [0.25, 0.3) is 0 Å². The predicted molar refractivity (Wildman–Crippen MR) is 53.7 cm³/mol. The van der Waals surface area contributed by atoms with E-state index in [-0.39, 0.29) is 5.41 Å². The van der Waals surface area contributed by atoms with Gasteiger partial charge in [-0.3, -0.25) is 0 Å². The smallest absolute Gasteiger partial charge is 0.0126 e. The molecule has 0 nitrogen and oxygen atoms in total. The van der Waals surface area contributed by atoms with Crippen molar-refractivity contribution >= 4 is 12.6 Å². The Labute approximate surface area is 74.1 Å². The molecule has 0 atom stereocenters. The second-order valence-electron chi connectivity index (χ2n) is 3.77. The third-order valence-electron chi connectivity index (χ3n) is 1.80. The van der Waals surface area contributed by atoms with Gasteiger partial charge >= 0.3 is 0 Å². The first-order valence-electron chi connectivity index (χ1n) is 3.79. The van der Waals surface area contributed by atoms with E-state index in [0.717, 1.165) is 0 Å². The number of rotatable bonds is 0. The van der Waals surface area contributed by atoms with Crippen LogP contribution >= 0.6 is 12.6 Å². The molecule has 0 bridgehead atoms. The van der Waals surface area contributed by atoms with Gasteiger partial charge in [0.05, 0.1) is 0 Å². The van der Waals surface area contributed by atoms with Crippen LogP contribution in [0.4, 0.5) is 0 Å². The van der Waals surface area contributed by atoms with Crippen molar-refractivity contribution in [3.05, 3.63) is 34.8 Å². The fraction of sp³-hybridized carbons (Fsp3) is 0.400. The molecule has 0 spiro atoms. The molecular weight excluding hydrogens is 152 g/mol. The van der Waals surface area contributed by atoms with E-state index >= 15 is 0 Å². The van der Waals surface area contributed by atoms with Crippen LogP contribution < -0.4 is 0 Å². The number of hydrogen-bond donors (Lipinski definition) is 1. The van der Waals surface area contributed by atoms with E-state index in [1.165, 1.54) is 11.1 Å². The van der Waals surface area contributed by atoms with Crippen LogP contribution in [0.5, 0.6) is 0 Å². The molecule has 11 heavy (non-hydrogen) atoms. The first kappa shape index (κ1) is 8.66. The highest BCUT2D eigenvalue weighted by Gasteiger charge is 2.20. The topological polar surface area (TPSA) is 0 Å². The average Bonchev–Trinajstić information content (AvgIpc) is 2.31. The summed E-state index contributed by atoms with van der Waals surface area (Å²) in [6, 6.07) is 0. The summed E-state index contributed by atoms with van der Waals surface area (Å²) < 4.78 is 0. The monoisotopic (exact) mass is 166 g/mol.